The lowest BCUT2D eigenvalue weighted by Crippen LogP contribution is -2.23. The van der Waals surface area contributed by atoms with Gasteiger partial charge in [0.15, 0.2) is 0 Å². The molecule has 0 aliphatic heterocycles. The average Bonchev–Trinajstić information content (AvgIpc) is 2.47. The molecule has 0 radical (unpaired) electrons. The Morgan fingerprint density at radius 2 is 1.76 bits per heavy atom. The van der Waals surface area contributed by atoms with Crippen molar-refractivity contribution in [1.82, 2.24) is 5.48 Å². The van der Waals surface area contributed by atoms with Gasteiger partial charge in [-0.2, -0.15) is 0 Å². The molecule has 5 nitrogen and oxygen atoms in total. The Morgan fingerprint density at radius 3 is 2.43 bits per heavy atom. The second-order valence-electron chi connectivity index (χ2n) is 4.83. The van der Waals surface area contributed by atoms with E-state index in [1.807, 2.05) is 30.3 Å². The van der Waals surface area contributed by atoms with Gasteiger partial charge in [-0.25, -0.2) is 5.48 Å². The van der Waals surface area contributed by atoms with Gasteiger partial charge in [0.05, 0.1) is 6.61 Å². The lowest BCUT2D eigenvalue weighted by Gasteiger charge is -2.06. The highest BCUT2D eigenvalue weighted by atomic mass is 16.6. The van der Waals surface area contributed by atoms with Crippen molar-refractivity contribution in [1.29, 1.82) is 0 Å². The number of carbonyl (C=O) groups excluding carboxylic acids is 2. The van der Waals surface area contributed by atoms with Gasteiger partial charge in [-0.15, -0.1) is 0 Å². The van der Waals surface area contributed by atoms with Crippen molar-refractivity contribution < 1.29 is 14.4 Å². The maximum Gasteiger partial charge on any atom is 0.244 e. The first kappa shape index (κ1) is 16.9. The van der Waals surface area contributed by atoms with Gasteiger partial charge in [-0.1, -0.05) is 43.3 Å². The lowest BCUT2D eigenvalue weighted by atomic mass is 10.1. The number of benzene rings is 1. The van der Waals surface area contributed by atoms with E-state index in [2.05, 4.69) is 12.1 Å². The number of amides is 2. The van der Waals surface area contributed by atoms with Gasteiger partial charge in [-0.05, 0) is 24.8 Å². The number of nitrogens with one attached hydrogen (secondary N) is 1. The minimum Gasteiger partial charge on any atom is -0.366 e. The van der Waals surface area contributed by atoms with Crippen LogP contribution in [0, 0.1) is 0 Å². The summed E-state index contributed by atoms with van der Waals surface area (Å²) in [6, 6.07) is 9.62. The Labute approximate surface area is 125 Å². The molecule has 1 rings (SSSR count). The lowest BCUT2D eigenvalue weighted by molar-refractivity contribution is -0.134. The van der Waals surface area contributed by atoms with Crippen LogP contribution in [0.5, 0.6) is 0 Å². The number of hydroxylamine groups is 1. The highest BCUT2D eigenvalue weighted by Gasteiger charge is 2.03. The first-order chi connectivity index (χ1) is 10.1. The summed E-state index contributed by atoms with van der Waals surface area (Å²) in [6.07, 6.45) is 3.38. The van der Waals surface area contributed by atoms with Gasteiger partial charge >= 0.3 is 0 Å². The van der Waals surface area contributed by atoms with Gasteiger partial charge in [0.1, 0.15) is 0 Å². The number of hydrogen-bond acceptors (Lipinski definition) is 3. The van der Waals surface area contributed by atoms with Crippen LogP contribution in [0.2, 0.25) is 0 Å². The molecule has 0 heterocycles. The predicted octanol–water partition coefficient (Wildman–Crippen LogP) is 2.23. The molecule has 0 atom stereocenters. The first-order valence-electron chi connectivity index (χ1n) is 7.01. The second kappa shape index (κ2) is 9.72. The third kappa shape index (κ3) is 7.89. The minimum atomic E-state index is -0.456. The molecular weight excluding hydrogens is 268 g/mol. The average molecular weight is 290 g/mol. The number of rotatable bonds is 10. The molecule has 0 saturated carbocycles. The van der Waals surface area contributed by atoms with Crippen molar-refractivity contribution in [3.8, 4) is 0 Å². The molecule has 114 valence electrons. The summed E-state index contributed by atoms with van der Waals surface area (Å²) in [7, 11) is 0. The number of unbranched alkanes of at least 4 members (excludes halogenated alkanes) is 2. The van der Waals surface area contributed by atoms with Crippen molar-refractivity contribution in [2.24, 2.45) is 5.73 Å². The van der Waals surface area contributed by atoms with Crippen molar-refractivity contribution >= 4 is 11.8 Å². The SMILES string of the molecule is C=C(CCCCCC(=O)NOCc1ccccc1)C(N)=O. The summed E-state index contributed by atoms with van der Waals surface area (Å²) in [5, 5.41) is 0. The number of carbonyl (C=O) groups is 2. The topological polar surface area (TPSA) is 81.4 Å². The fraction of sp³-hybridized carbons (Fsp3) is 0.375. The van der Waals surface area contributed by atoms with E-state index in [9.17, 15) is 9.59 Å². The second-order valence-corrected chi connectivity index (χ2v) is 4.83. The third-order valence-corrected chi connectivity index (χ3v) is 3.00. The molecule has 0 aliphatic carbocycles. The molecule has 0 aliphatic rings. The summed E-state index contributed by atoms with van der Waals surface area (Å²) >= 11 is 0. The normalized spacial score (nSPS) is 10.1. The molecule has 3 N–H and O–H groups in total. The molecule has 1 aromatic carbocycles. The smallest absolute Gasteiger partial charge is 0.244 e. The Kier molecular flexibility index (Phi) is 7.82. The quantitative estimate of drug-likeness (QED) is 0.394. The maximum atomic E-state index is 11.5. The monoisotopic (exact) mass is 290 g/mol. The van der Waals surface area contributed by atoms with Crippen LogP contribution in [0.4, 0.5) is 0 Å². The van der Waals surface area contributed by atoms with Crippen LogP contribution in [0.25, 0.3) is 0 Å². The molecule has 2 amide bonds. The maximum absolute atomic E-state index is 11.5. The van der Waals surface area contributed by atoms with Gasteiger partial charge in [0.2, 0.25) is 11.8 Å². The van der Waals surface area contributed by atoms with E-state index in [0.29, 0.717) is 25.0 Å². The fourth-order valence-electron chi connectivity index (χ4n) is 1.75. The van der Waals surface area contributed by atoms with E-state index < -0.39 is 5.91 Å². The van der Waals surface area contributed by atoms with Crippen LogP contribution in [-0.4, -0.2) is 11.8 Å². The Hall–Kier alpha value is -2.14. The van der Waals surface area contributed by atoms with Crippen molar-refractivity contribution in [2.45, 2.75) is 38.7 Å². The summed E-state index contributed by atoms with van der Waals surface area (Å²) in [4.78, 5) is 27.4. The van der Waals surface area contributed by atoms with Gasteiger partial charge < -0.3 is 5.73 Å². The molecule has 0 spiro atoms. The van der Waals surface area contributed by atoms with Crippen molar-refractivity contribution in [2.75, 3.05) is 0 Å². The number of hydrogen-bond donors (Lipinski definition) is 2. The first-order valence-corrected chi connectivity index (χ1v) is 7.01. The molecule has 0 unspecified atom stereocenters. The predicted molar refractivity (Wildman–Crippen MR) is 80.8 cm³/mol. The molecule has 5 heteroatoms. The fourth-order valence-corrected chi connectivity index (χ4v) is 1.75. The minimum absolute atomic E-state index is 0.139. The summed E-state index contributed by atoms with van der Waals surface area (Å²) < 4.78 is 0. The molecule has 0 bridgehead atoms. The highest BCUT2D eigenvalue weighted by Crippen LogP contribution is 2.08. The van der Waals surface area contributed by atoms with Gasteiger partial charge in [0, 0.05) is 12.0 Å². The summed E-state index contributed by atoms with van der Waals surface area (Å²) in [5.74, 6) is -0.596. The number of primary amides is 1. The number of nitrogens with two attached hydrogens (primary N) is 1. The molecule has 1 aromatic rings. The molecule has 21 heavy (non-hydrogen) atoms. The Balaban J connectivity index is 2.01. The zero-order chi connectivity index (χ0) is 15.5. The van der Waals surface area contributed by atoms with Crippen LogP contribution >= 0.6 is 0 Å². The summed E-state index contributed by atoms with van der Waals surface area (Å²) in [6.45, 7) is 3.93. The van der Waals surface area contributed by atoms with Crippen molar-refractivity contribution in [3.63, 3.8) is 0 Å². The zero-order valence-electron chi connectivity index (χ0n) is 12.1. The van der Waals surface area contributed by atoms with E-state index in [4.69, 9.17) is 10.6 Å². The van der Waals surface area contributed by atoms with Crippen LogP contribution < -0.4 is 11.2 Å². The van der Waals surface area contributed by atoms with E-state index in [1.165, 1.54) is 0 Å². The van der Waals surface area contributed by atoms with E-state index in [0.717, 1.165) is 24.8 Å². The van der Waals surface area contributed by atoms with Crippen molar-refractivity contribution in [3.05, 3.63) is 48.0 Å². The Morgan fingerprint density at radius 1 is 1.10 bits per heavy atom. The van der Waals surface area contributed by atoms with E-state index in [-0.39, 0.29) is 5.91 Å². The van der Waals surface area contributed by atoms with Crippen LogP contribution in [0.3, 0.4) is 0 Å². The molecular formula is C16H22N2O3. The van der Waals surface area contributed by atoms with Gasteiger partial charge in [-0.3, -0.25) is 14.4 Å². The third-order valence-electron chi connectivity index (χ3n) is 3.00. The largest absolute Gasteiger partial charge is 0.366 e. The summed E-state index contributed by atoms with van der Waals surface area (Å²) in [5.41, 5.74) is 8.94. The van der Waals surface area contributed by atoms with E-state index in [1.54, 1.807) is 0 Å². The van der Waals surface area contributed by atoms with Crippen LogP contribution in [-0.2, 0) is 21.0 Å². The Bertz CT molecular complexity index is 472. The zero-order valence-corrected chi connectivity index (χ0v) is 12.1. The molecule has 0 aromatic heterocycles. The van der Waals surface area contributed by atoms with Crippen LogP contribution in [0.15, 0.2) is 42.5 Å². The van der Waals surface area contributed by atoms with Gasteiger partial charge in [0.25, 0.3) is 0 Å². The standard InChI is InChI=1S/C16H22N2O3/c1-13(16(17)20)8-4-2-7-11-15(19)18-21-12-14-9-5-3-6-10-14/h3,5-6,9-10H,1-2,4,7-8,11-12H2,(H2,17,20)(H,18,19). The van der Waals surface area contributed by atoms with Crippen LogP contribution in [0.1, 0.15) is 37.7 Å². The molecule has 0 saturated heterocycles. The van der Waals surface area contributed by atoms with E-state index >= 15 is 0 Å². The highest BCUT2D eigenvalue weighted by molar-refractivity contribution is 5.91. The molecule has 0 fully saturated rings.